The van der Waals surface area contributed by atoms with Gasteiger partial charge in [0.15, 0.2) is 0 Å². The number of aromatic amines is 1. The topological polar surface area (TPSA) is 79.9 Å². The average Bonchev–Trinajstić information content (AvgIpc) is 2.89. The highest BCUT2D eigenvalue weighted by molar-refractivity contribution is 5.96. The van der Waals surface area contributed by atoms with Crippen molar-refractivity contribution in [3.8, 4) is 5.88 Å². The van der Waals surface area contributed by atoms with Gasteiger partial charge in [0.1, 0.15) is 12.0 Å². The second-order valence-corrected chi connectivity index (χ2v) is 4.71. The van der Waals surface area contributed by atoms with Crippen LogP contribution in [0.15, 0.2) is 18.6 Å². The van der Waals surface area contributed by atoms with E-state index in [0.29, 0.717) is 18.1 Å². The Balaban J connectivity index is 2.34. The average molecular weight is 288 g/mol. The van der Waals surface area contributed by atoms with Gasteiger partial charge in [-0.3, -0.25) is 4.79 Å². The number of amides is 1. The van der Waals surface area contributed by atoms with Crippen molar-refractivity contribution < 1.29 is 9.53 Å². The van der Waals surface area contributed by atoms with Crippen LogP contribution >= 0.6 is 0 Å². The number of likely N-dealkylation sites (N-methyl/N-ethyl adjacent to an activating group) is 1. The van der Waals surface area contributed by atoms with E-state index in [-0.39, 0.29) is 12.0 Å². The molecule has 0 aliphatic rings. The molecule has 2 aromatic heterocycles. The molecule has 0 aromatic carbocycles. The van der Waals surface area contributed by atoms with Crippen LogP contribution < -0.4 is 10.1 Å². The summed E-state index contributed by atoms with van der Waals surface area (Å²) in [4.78, 5) is 23.0. The van der Waals surface area contributed by atoms with Crippen molar-refractivity contribution in [3.63, 3.8) is 0 Å². The number of hydrogen-bond donors (Lipinski definition) is 2. The lowest BCUT2D eigenvalue weighted by Crippen LogP contribution is -2.19. The van der Waals surface area contributed by atoms with Crippen molar-refractivity contribution in [2.45, 2.75) is 33.3 Å². The fraction of sp³-hybridized carbons (Fsp3) is 0.400. The molecular weight excluding hydrogens is 268 g/mol. The van der Waals surface area contributed by atoms with Gasteiger partial charge in [0, 0.05) is 24.4 Å². The Hall–Kier alpha value is -2.37. The van der Waals surface area contributed by atoms with Gasteiger partial charge in [-0.1, -0.05) is 6.92 Å². The molecule has 0 saturated heterocycles. The number of rotatable bonds is 6. The van der Waals surface area contributed by atoms with E-state index in [2.05, 4.69) is 27.2 Å². The molecule has 2 aromatic rings. The number of H-pyrrole nitrogens is 1. The third kappa shape index (κ3) is 3.59. The number of nitrogens with zero attached hydrogens (tertiary/aromatic N) is 2. The highest BCUT2D eigenvalue weighted by Gasteiger charge is 2.12. The van der Waals surface area contributed by atoms with Gasteiger partial charge in [-0.25, -0.2) is 9.97 Å². The first kappa shape index (κ1) is 15.0. The third-order valence-corrected chi connectivity index (χ3v) is 3.12. The molecule has 2 heterocycles. The van der Waals surface area contributed by atoms with Crippen molar-refractivity contribution in [2.75, 3.05) is 6.54 Å². The fourth-order valence-corrected chi connectivity index (χ4v) is 1.85. The van der Waals surface area contributed by atoms with Crippen molar-refractivity contribution in [2.24, 2.45) is 0 Å². The molecule has 112 valence electrons. The summed E-state index contributed by atoms with van der Waals surface area (Å²) in [7, 11) is 0. The van der Waals surface area contributed by atoms with Gasteiger partial charge < -0.3 is 15.0 Å². The standard InChI is InChI=1S/C15H20N4O2/c1-4-10(3)21-15-13-11(6-7-12(20)16-5-2)8-17-14(13)18-9-19-15/h6-10H,4-5H2,1-3H3,(H,16,20)(H,17,18,19). The van der Waals surface area contributed by atoms with Crippen LogP contribution in [0.5, 0.6) is 5.88 Å². The van der Waals surface area contributed by atoms with Crippen molar-refractivity contribution in [1.29, 1.82) is 0 Å². The normalized spacial score (nSPS) is 12.7. The number of nitrogens with one attached hydrogen (secondary N) is 2. The Morgan fingerprint density at radius 1 is 1.48 bits per heavy atom. The zero-order chi connectivity index (χ0) is 15.2. The van der Waals surface area contributed by atoms with Crippen LogP contribution in [0, 0.1) is 0 Å². The van der Waals surface area contributed by atoms with Crippen molar-refractivity contribution >= 4 is 23.0 Å². The molecular formula is C15H20N4O2. The molecule has 0 bridgehead atoms. The van der Waals surface area contributed by atoms with Crippen molar-refractivity contribution in [1.82, 2.24) is 20.3 Å². The SMILES string of the molecule is CCNC(=O)C=Cc1c[nH]c2ncnc(OC(C)CC)c12. The number of fused-ring (bicyclic) bond motifs is 1. The number of aromatic nitrogens is 3. The zero-order valence-electron chi connectivity index (χ0n) is 12.5. The smallest absolute Gasteiger partial charge is 0.243 e. The molecule has 0 aliphatic carbocycles. The largest absolute Gasteiger partial charge is 0.474 e. The fourth-order valence-electron chi connectivity index (χ4n) is 1.85. The summed E-state index contributed by atoms with van der Waals surface area (Å²) in [5, 5.41) is 3.50. The maximum Gasteiger partial charge on any atom is 0.243 e. The first-order chi connectivity index (χ1) is 10.2. The van der Waals surface area contributed by atoms with Gasteiger partial charge in [0.25, 0.3) is 0 Å². The Labute approximate surface area is 123 Å². The summed E-state index contributed by atoms with van der Waals surface area (Å²) in [5.74, 6) is 0.402. The quantitative estimate of drug-likeness (QED) is 0.799. The Bertz CT molecular complexity index is 648. The van der Waals surface area contributed by atoms with Crippen LogP contribution in [-0.4, -0.2) is 33.5 Å². The Morgan fingerprint density at radius 2 is 2.29 bits per heavy atom. The number of ether oxygens (including phenoxy) is 1. The summed E-state index contributed by atoms with van der Waals surface area (Å²) in [5.41, 5.74) is 1.52. The number of carbonyl (C=O) groups excluding carboxylic acids is 1. The molecule has 6 nitrogen and oxygen atoms in total. The van der Waals surface area contributed by atoms with E-state index in [4.69, 9.17) is 4.74 Å². The molecule has 1 atom stereocenters. The molecule has 2 rings (SSSR count). The highest BCUT2D eigenvalue weighted by atomic mass is 16.5. The molecule has 1 unspecified atom stereocenters. The summed E-state index contributed by atoms with van der Waals surface area (Å²) in [6.45, 7) is 6.52. The first-order valence-electron chi connectivity index (χ1n) is 7.10. The second kappa shape index (κ2) is 6.88. The van der Waals surface area contributed by atoms with Gasteiger partial charge >= 0.3 is 0 Å². The van der Waals surface area contributed by atoms with E-state index in [1.54, 1.807) is 12.3 Å². The van der Waals surface area contributed by atoms with Crippen LogP contribution in [0.3, 0.4) is 0 Å². The molecule has 0 fully saturated rings. The van der Waals surface area contributed by atoms with Crippen LogP contribution in [0.1, 0.15) is 32.8 Å². The summed E-state index contributed by atoms with van der Waals surface area (Å²) >= 11 is 0. The third-order valence-electron chi connectivity index (χ3n) is 3.12. The predicted octanol–water partition coefficient (Wildman–Crippen LogP) is 2.28. The van der Waals surface area contributed by atoms with E-state index in [1.165, 1.54) is 12.4 Å². The summed E-state index contributed by atoms with van der Waals surface area (Å²) in [6.07, 6.45) is 7.44. The van der Waals surface area contributed by atoms with E-state index in [9.17, 15) is 4.79 Å². The number of carbonyl (C=O) groups is 1. The lowest BCUT2D eigenvalue weighted by molar-refractivity contribution is -0.116. The zero-order valence-corrected chi connectivity index (χ0v) is 12.5. The first-order valence-corrected chi connectivity index (χ1v) is 7.10. The summed E-state index contributed by atoms with van der Waals surface area (Å²) in [6, 6.07) is 0. The molecule has 21 heavy (non-hydrogen) atoms. The second-order valence-electron chi connectivity index (χ2n) is 4.71. The van der Waals surface area contributed by atoms with Crippen LogP contribution in [0.2, 0.25) is 0 Å². The molecule has 6 heteroatoms. The van der Waals surface area contributed by atoms with Crippen molar-refractivity contribution in [3.05, 3.63) is 24.2 Å². The van der Waals surface area contributed by atoms with Crippen LogP contribution in [0.25, 0.3) is 17.1 Å². The predicted molar refractivity (Wildman–Crippen MR) is 82.0 cm³/mol. The minimum Gasteiger partial charge on any atom is -0.474 e. The molecule has 0 radical (unpaired) electrons. The Morgan fingerprint density at radius 3 is 3.00 bits per heavy atom. The molecule has 0 saturated carbocycles. The maximum absolute atomic E-state index is 11.5. The van der Waals surface area contributed by atoms with Gasteiger partial charge in [-0.2, -0.15) is 0 Å². The molecule has 1 amide bonds. The maximum atomic E-state index is 11.5. The van der Waals surface area contributed by atoms with Gasteiger partial charge in [0.2, 0.25) is 11.8 Å². The van der Waals surface area contributed by atoms with E-state index >= 15 is 0 Å². The van der Waals surface area contributed by atoms with E-state index in [1.807, 2.05) is 13.8 Å². The van der Waals surface area contributed by atoms with Crippen LogP contribution in [0.4, 0.5) is 0 Å². The van der Waals surface area contributed by atoms with E-state index < -0.39 is 0 Å². The monoisotopic (exact) mass is 288 g/mol. The van der Waals surface area contributed by atoms with Gasteiger partial charge in [-0.15, -0.1) is 0 Å². The Kier molecular flexibility index (Phi) is 4.92. The molecule has 0 aliphatic heterocycles. The molecule has 2 N–H and O–H groups in total. The molecule has 0 spiro atoms. The highest BCUT2D eigenvalue weighted by Crippen LogP contribution is 2.27. The van der Waals surface area contributed by atoms with Gasteiger partial charge in [0.05, 0.1) is 11.5 Å². The minimum absolute atomic E-state index is 0.0678. The lowest BCUT2D eigenvalue weighted by Gasteiger charge is -2.12. The van der Waals surface area contributed by atoms with Crippen LogP contribution in [-0.2, 0) is 4.79 Å². The number of hydrogen-bond acceptors (Lipinski definition) is 4. The summed E-state index contributed by atoms with van der Waals surface area (Å²) < 4.78 is 5.82. The van der Waals surface area contributed by atoms with Gasteiger partial charge in [-0.05, 0) is 26.3 Å². The minimum atomic E-state index is -0.131. The van der Waals surface area contributed by atoms with E-state index in [0.717, 1.165) is 17.4 Å². The lowest BCUT2D eigenvalue weighted by atomic mass is 10.2.